The summed E-state index contributed by atoms with van der Waals surface area (Å²) < 4.78 is 5.02. The van der Waals surface area contributed by atoms with Gasteiger partial charge in [0.25, 0.3) is 5.91 Å². The SMILES string of the molecule is COc1cc(NC(=O)CNC(=O)c2ccc(C(C)(C)C)cc2)ccc1C(=O)O. The van der Waals surface area contributed by atoms with Gasteiger partial charge in [0, 0.05) is 17.3 Å². The number of carbonyl (C=O) groups is 3. The van der Waals surface area contributed by atoms with Crippen LogP contribution in [0.15, 0.2) is 42.5 Å². The summed E-state index contributed by atoms with van der Waals surface area (Å²) >= 11 is 0. The van der Waals surface area contributed by atoms with Crippen LogP contribution >= 0.6 is 0 Å². The standard InChI is InChI=1S/C21H24N2O5/c1-21(2,3)14-7-5-13(6-8-14)19(25)22-12-18(24)23-15-9-10-16(20(26)27)17(11-15)28-4/h5-11H,12H2,1-4H3,(H,22,25)(H,23,24)(H,26,27). The quantitative estimate of drug-likeness (QED) is 0.710. The molecule has 0 atom stereocenters. The Morgan fingerprint density at radius 2 is 1.68 bits per heavy atom. The van der Waals surface area contributed by atoms with Gasteiger partial charge in [0.05, 0.1) is 13.7 Å². The highest BCUT2D eigenvalue weighted by Gasteiger charge is 2.15. The van der Waals surface area contributed by atoms with Crippen molar-refractivity contribution >= 4 is 23.5 Å². The van der Waals surface area contributed by atoms with E-state index in [0.717, 1.165) is 5.56 Å². The van der Waals surface area contributed by atoms with Crippen LogP contribution in [0.3, 0.4) is 0 Å². The predicted octanol–water partition coefficient (Wildman–Crippen LogP) is 3.06. The molecular weight excluding hydrogens is 360 g/mol. The molecule has 0 aliphatic rings. The molecular formula is C21H24N2O5. The minimum atomic E-state index is -1.13. The lowest BCUT2D eigenvalue weighted by atomic mass is 9.87. The first-order valence-corrected chi connectivity index (χ1v) is 8.71. The maximum atomic E-state index is 12.2. The number of hydrogen-bond acceptors (Lipinski definition) is 4. The highest BCUT2D eigenvalue weighted by Crippen LogP contribution is 2.23. The molecule has 28 heavy (non-hydrogen) atoms. The molecule has 7 nitrogen and oxygen atoms in total. The van der Waals surface area contributed by atoms with Gasteiger partial charge in [-0.25, -0.2) is 4.79 Å². The molecule has 0 aliphatic heterocycles. The Hall–Kier alpha value is -3.35. The van der Waals surface area contributed by atoms with Crippen molar-refractivity contribution in [2.45, 2.75) is 26.2 Å². The van der Waals surface area contributed by atoms with E-state index in [1.54, 1.807) is 12.1 Å². The topological polar surface area (TPSA) is 105 Å². The minimum Gasteiger partial charge on any atom is -0.496 e. The molecule has 0 fully saturated rings. The van der Waals surface area contributed by atoms with Crippen LogP contribution in [0.1, 0.15) is 47.1 Å². The highest BCUT2D eigenvalue weighted by molar-refractivity contribution is 6.00. The molecule has 0 spiro atoms. The second-order valence-electron chi connectivity index (χ2n) is 7.28. The molecule has 0 aliphatic carbocycles. The molecule has 0 aromatic heterocycles. The van der Waals surface area contributed by atoms with E-state index in [2.05, 4.69) is 31.4 Å². The lowest BCUT2D eigenvalue weighted by molar-refractivity contribution is -0.115. The van der Waals surface area contributed by atoms with Gasteiger partial charge in [0.1, 0.15) is 11.3 Å². The molecule has 0 unspecified atom stereocenters. The summed E-state index contributed by atoms with van der Waals surface area (Å²) in [5.74, 6) is -1.79. The Labute approximate surface area is 163 Å². The molecule has 0 heterocycles. The van der Waals surface area contributed by atoms with Crippen LogP contribution in [0.2, 0.25) is 0 Å². The molecule has 0 saturated heterocycles. The molecule has 2 amide bonds. The van der Waals surface area contributed by atoms with Crippen molar-refractivity contribution in [3.63, 3.8) is 0 Å². The molecule has 7 heteroatoms. The van der Waals surface area contributed by atoms with Crippen molar-refractivity contribution in [1.29, 1.82) is 0 Å². The minimum absolute atomic E-state index is 0.00694. The van der Waals surface area contributed by atoms with Crippen LogP contribution in [0.4, 0.5) is 5.69 Å². The van der Waals surface area contributed by atoms with Gasteiger partial charge in [0.15, 0.2) is 0 Å². The largest absolute Gasteiger partial charge is 0.496 e. The van der Waals surface area contributed by atoms with Crippen LogP contribution in [-0.2, 0) is 10.2 Å². The third-order valence-corrected chi connectivity index (χ3v) is 4.14. The molecule has 3 N–H and O–H groups in total. The molecule has 0 bridgehead atoms. The lowest BCUT2D eigenvalue weighted by Crippen LogP contribution is -2.32. The van der Waals surface area contributed by atoms with Crippen LogP contribution in [0.5, 0.6) is 5.75 Å². The van der Waals surface area contributed by atoms with Crippen LogP contribution in [-0.4, -0.2) is 36.5 Å². The van der Waals surface area contributed by atoms with E-state index in [1.165, 1.54) is 25.3 Å². The van der Waals surface area contributed by atoms with Gasteiger partial charge in [-0.3, -0.25) is 9.59 Å². The fourth-order valence-corrected chi connectivity index (χ4v) is 2.54. The third-order valence-electron chi connectivity index (χ3n) is 4.14. The number of rotatable bonds is 6. The van der Waals surface area contributed by atoms with E-state index in [-0.39, 0.29) is 29.2 Å². The number of aromatic carboxylic acids is 1. The number of carbonyl (C=O) groups excluding carboxylic acids is 2. The number of benzene rings is 2. The molecule has 2 aromatic carbocycles. The Kier molecular flexibility index (Phi) is 6.41. The van der Waals surface area contributed by atoms with E-state index in [9.17, 15) is 14.4 Å². The number of carboxylic acid groups (broad SMARTS) is 1. The number of amides is 2. The smallest absolute Gasteiger partial charge is 0.339 e. The molecule has 0 radical (unpaired) electrons. The van der Waals surface area contributed by atoms with Crippen molar-refractivity contribution in [1.82, 2.24) is 5.32 Å². The number of nitrogens with one attached hydrogen (secondary N) is 2. The number of carboxylic acids is 1. The average Bonchev–Trinajstić information content (AvgIpc) is 2.65. The number of anilines is 1. The van der Waals surface area contributed by atoms with Gasteiger partial charge >= 0.3 is 5.97 Å². The predicted molar refractivity (Wildman–Crippen MR) is 106 cm³/mol. The monoisotopic (exact) mass is 384 g/mol. The first-order chi connectivity index (χ1) is 13.1. The highest BCUT2D eigenvalue weighted by atomic mass is 16.5. The Bertz CT molecular complexity index is 883. The first-order valence-electron chi connectivity index (χ1n) is 8.71. The summed E-state index contributed by atoms with van der Waals surface area (Å²) in [5.41, 5.74) is 1.93. The zero-order chi connectivity index (χ0) is 20.9. The zero-order valence-electron chi connectivity index (χ0n) is 16.3. The number of methoxy groups -OCH3 is 1. The summed E-state index contributed by atoms with van der Waals surface area (Å²) in [4.78, 5) is 35.4. The first kappa shape index (κ1) is 21.0. The van der Waals surface area contributed by atoms with E-state index < -0.39 is 11.9 Å². The Morgan fingerprint density at radius 1 is 1.04 bits per heavy atom. The Morgan fingerprint density at radius 3 is 2.21 bits per heavy atom. The Balaban J connectivity index is 1.95. The van der Waals surface area contributed by atoms with E-state index in [0.29, 0.717) is 11.3 Å². The van der Waals surface area contributed by atoms with E-state index in [4.69, 9.17) is 9.84 Å². The fraction of sp³-hybridized carbons (Fsp3) is 0.286. The summed E-state index contributed by atoms with van der Waals surface area (Å²) in [6.45, 7) is 6.04. The number of ether oxygens (including phenoxy) is 1. The maximum Gasteiger partial charge on any atom is 0.339 e. The summed E-state index contributed by atoms with van der Waals surface area (Å²) in [7, 11) is 1.35. The molecule has 2 rings (SSSR count). The van der Waals surface area contributed by atoms with Gasteiger partial charge in [-0.15, -0.1) is 0 Å². The van der Waals surface area contributed by atoms with E-state index in [1.807, 2.05) is 12.1 Å². The third kappa shape index (κ3) is 5.33. The number of hydrogen-bond donors (Lipinski definition) is 3. The van der Waals surface area contributed by atoms with Crippen molar-refractivity contribution in [3.05, 3.63) is 59.2 Å². The lowest BCUT2D eigenvalue weighted by Gasteiger charge is -2.19. The van der Waals surface area contributed by atoms with E-state index >= 15 is 0 Å². The van der Waals surface area contributed by atoms with Gasteiger partial charge < -0.3 is 20.5 Å². The summed E-state index contributed by atoms with van der Waals surface area (Å²) in [6.07, 6.45) is 0. The second-order valence-corrected chi connectivity index (χ2v) is 7.28. The summed E-state index contributed by atoms with van der Waals surface area (Å²) in [6, 6.07) is 11.4. The molecule has 0 saturated carbocycles. The van der Waals surface area contributed by atoms with Crippen molar-refractivity contribution in [2.75, 3.05) is 19.0 Å². The van der Waals surface area contributed by atoms with Crippen LogP contribution < -0.4 is 15.4 Å². The van der Waals surface area contributed by atoms with Crippen molar-refractivity contribution in [3.8, 4) is 5.75 Å². The van der Waals surface area contributed by atoms with Crippen LogP contribution in [0, 0.1) is 0 Å². The second kappa shape index (κ2) is 8.56. The molecule has 2 aromatic rings. The van der Waals surface area contributed by atoms with Gasteiger partial charge in [-0.2, -0.15) is 0 Å². The maximum absolute atomic E-state index is 12.2. The van der Waals surface area contributed by atoms with Gasteiger partial charge in [0.2, 0.25) is 5.91 Å². The fourth-order valence-electron chi connectivity index (χ4n) is 2.54. The normalized spacial score (nSPS) is 10.9. The summed E-state index contributed by atoms with van der Waals surface area (Å²) in [5, 5.41) is 14.2. The van der Waals surface area contributed by atoms with Crippen molar-refractivity contribution < 1.29 is 24.2 Å². The van der Waals surface area contributed by atoms with Crippen LogP contribution in [0.25, 0.3) is 0 Å². The van der Waals surface area contributed by atoms with Gasteiger partial charge in [-0.1, -0.05) is 32.9 Å². The zero-order valence-corrected chi connectivity index (χ0v) is 16.3. The molecule has 148 valence electrons. The average molecular weight is 384 g/mol. The van der Waals surface area contributed by atoms with Gasteiger partial charge in [-0.05, 0) is 35.2 Å². The van der Waals surface area contributed by atoms with Crippen molar-refractivity contribution in [2.24, 2.45) is 0 Å².